The normalized spacial score (nSPS) is 11.6. The van der Waals surface area contributed by atoms with Crippen molar-refractivity contribution < 1.29 is 14.3 Å². The summed E-state index contributed by atoms with van der Waals surface area (Å²) in [5, 5.41) is 7.05. The number of carbonyl (C=O) groups excluding carboxylic acids is 1. The molecule has 3 rings (SSSR count). The first-order valence-electron chi connectivity index (χ1n) is 10.3. The van der Waals surface area contributed by atoms with Gasteiger partial charge < -0.3 is 20.1 Å². The fourth-order valence-electron chi connectivity index (χ4n) is 3.13. The Morgan fingerprint density at radius 2 is 1.85 bits per heavy atom. The van der Waals surface area contributed by atoms with Crippen molar-refractivity contribution in [3.05, 3.63) is 69.3 Å². The minimum absolute atomic E-state index is 0.0294. The number of ether oxygens (including phenoxy) is 2. The summed E-state index contributed by atoms with van der Waals surface area (Å²) in [6.45, 7) is 2.51. The van der Waals surface area contributed by atoms with Gasteiger partial charge >= 0.3 is 6.03 Å². The van der Waals surface area contributed by atoms with Crippen LogP contribution in [0.5, 0.6) is 5.75 Å². The molecular formula is C23H24Cl3N5O3. The third kappa shape index (κ3) is 6.64. The van der Waals surface area contributed by atoms with Crippen LogP contribution in [-0.4, -0.2) is 42.9 Å². The average Bonchev–Trinajstić information content (AvgIpc) is 2.81. The molecule has 0 aliphatic carbocycles. The maximum absolute atomic E-state index is 13.4. The van der Waals surface area contributed by atoms with E-state index in [4.69, 9.17) is 44.3 Å². The highest BCUT2D eigenvalue weighted by Crippen LogP contribution is 2.30. The summed E-state index contributed by atoms with van der Waals surface area (Å²) in [5.74, 6) is 1.38. The van der Waals surface area contributed by atoms with Crippen molar-refractivity contribution >= 4 is 58.3 Å². The molecule has 1 atom stereocenters. The van der Waals surface area contributed by atoms with Crippen LogP contribution in [0.2, 0.25) is 15.1 Å². The smallest absolute Gasteiger partial charge is 0.327 e. The van der Waals surface area contributed by atoms with Crippen LogP contribution < -0.4 is 20.3 Å². The predicted molar refractivity (Wildman–Crippen MR) is 136 cm³/mol. The second-order valence-electron chi connectivity index (χ2n) is 7.29. The number of hydrogen-bond donors (Lipinski definition) is 2. The second kappa shape index (κ2) is 12.1. The van der Waals surface area contributed by atoms with E-state index in [-0.39, 0.29) is 12.6 Å². The fourth-order valence-corrected chi connectivity index (χ4v) is 3.84. The van der Waals surface area contributed by atoms with Crippen LogP contribution in [0.15, 0.2) is 48.7 Å². The van der Waals surface area contributed by atoms with Gasteiger partial charge in [0.2, 0.25) is 5.95 Å². The molecule has 0 unspecified atom stereocenters. The summed E-state index contributed by atoms with van der Waals surface area (Å²) in [4.78, 5) is 23.6. The summed E-state index contributed by atoms with van der Waals surface area (Å²) in [6, 6.07) is 11.4. The first kappa shape index (κ1) is 25.8. The summed E-state index contributed by atoms with van der Waals surface area (Å²) >= 11 is 18.5. The topological polar surface area (TPSA) is 88.6 Å². The van der Waals surface area contributed by atoms with E-state index in [1.807, 2.05) is 6.92 Å². The molecule has 1 heterocycles. The molecule has 0 spiro atoms. The number of urea groups is 1. The Labute approximate surface area is 213 Å². The molecule has 0 bridgehead atoms. The zero-order chi connectivity index (χ0) is 24.7. The number of nitrogens with one attached hydrogen (secondary N) is 2. The number of rotatable bonds is 9. The molecule has 2 N–H and O–H groups in total. The molecule has 8 nitrogen and oxygen atoms in total. The number of anilines is 3. The number of aromatic nitrogens is 2. The molecule has 2 amide bonds. The van der Waals surface area contributed by atoms with Gasteiger partial charge in [-0.3, -0.25) is 0 Å². The third-order valence-electron chi connectivity index (χ3n) is 4.69. The van der Waals surface area contributed by atoms with Crippen molar-refractivity contribution in [1.82, 2.24) is 15.3 Å². The van der Waals surface area contributed by atoms with Gasteiger partial charge in [0, 0.05) is 37.0 Å². The maximum Gasteiger partial charge on any atom is 0.327 e. The third-order valence-corrected chi connectivity index (χ3v) is 5.75. The van der Waals surface area contributed by atoms with Crippen LogP contribution in [0.1, 0.15) is 12.5 Å². The zero-order valence-electron chi connectivity index (χ0n) is 18.8. The van der Waals surface area contributed by atoms with Gasteiger partial charge in [-0.15, -0.1) is 0 Å². The summed E-state index contributed by atoms with van der Waals surface area (Å²) in [7, 11) is 3.19. The number of methoxy groups -OCH3 is 2. The number of benzene rings is 2. The van der Waals surface area contributed by atoms with Crippen LogP contribution >= 0.6 is 34.8 Å². The lowest BCUT2D eigenvalue weighted by Crippen LogP contribution is -2.37. The Kier molecular flexibility index (Phi) is 9.18. The van der Waals surface area contributed by atoms with E-state index in [1.165, 1.54) is 4.90 Å². The molecule has 34 heavy (non-hydrogen) atoms. The van der Waals surface area contributed by atoms with E-state index in [9.17, 15) is 4.79 Å². The lowest BCUT2D eigenvalue weighted by Gasteiger charge is -2.23. The molecule has 0 aliphatic rings. The van der Waals surface area contributed by atoms with Gasteiger partial charge in [-0.1, -0.05) is 34.8 Å². The standard InChI is InChI=1S/C23H24Cl3N5O3/c1-14(13-33-2)29-22-27-9-8-20(30-22)31(17-4-6-18(34-3)7-5-17)23(32)28-12-15-10-16(24)11-19(25)21(15)26/h4-11,14H,12-13H2,1-3H3,(H,28,32)(H,27,29,30)/t14-/m0/s1. The highest BCUT2D eigenvalue weighted by atomic mass is 35.5. The van der Waals surface area contributed by atoms with E-state index >= 15 is 0 Å². The van der Waals surface area contributed by atoms with Crippen molar-refractivity contribution in [2.45, 2.75) is 19.5 Å². The zero-order valence-corrected chi connectivity index (χ0v) is 21.1. The monoisotopic (exact) mass is 523 g/mol. The second-order valence-corrected chi connectivity index (χ2v) is 8.51. The van der Waals surface area contributed by atoms with Gasteiger partial charge in [0.25, 0.3) is 0 Å². The van der Waals surface area contributed by atoms with E-state index < -0.39 is 6.03 Å². The highest BCUT2D eigenvalue weighted by molar-refractivity contribution is 6.43. The molecule has 0 saturated heterocycles. The number of halogens is 3. The van der Waals surface area contributed by atoms with E-state index in [0.717, 1.165) is 0 Å². The largest absolute Gasteiger partial charge is 0.497 e. The molecule has 11 heteroatoms. The van der Waals surface area contributed by atoms with Crippen molar-refractivity contribution in [3.8, 4) is 5.75 Å². The van der Waals surface area contributed by atoms with Gasteiger partial charge in [0.1, 0.15) is 11.6 Å². The Morgan fingerprint density at radius 3 is 2.53 bits per heavy atom. The van der Waals surface area contributed by atoms with Gasteiger partial charge in [0.15, 0.2) is 0 Å². The number of nitrogens with zero attached hydrogens (tertiary/aromatic N) is 3. The molecule has 0 saturated carbocycles. The lowest BCUT2D eigenvalue weighted by molar-refractivity contribution is 0.190. The van der Waals surface area contributed by atoms with Crippen LogP contribution in [0.25, 0.3) is 0 Å². The van der Waals surface area contributed by atoms with E-state index in [2.05, 4.69) is 20.6 Å². The molecule has 0 fully saturated rings. The van der Waals surface area contributed by atoms with Crippen LogP contribution in [0.4, 0.5) is 22.2 Å². The molecule has 2 aromatic carbocycles. The van der Waals surface area contributed by atoms with E-state index in [1.54, 1.807) is 62.9 Å². The van der Waals surface area contributed by atoms with Crippen molar-refractivity contribution in [2.24, 2.45) is 0 Å². The van der Waals surface area contributed by atoms with Crippen molar-refractivity contribution in [2.75, 3.05) is 31.0 Å². The van der Waals surface area contributed by atoms with Crippen LogP contribution in [0.3, 0.4) is 0 Å². The summed E-state index contributed by atoms with van der Waals surface area (Å²) in [5.41, 5.74) is 1.16. The fraction of sp³-hybridized carbons (Fsp3) is 0.261. The van der Waals surface area contributed by atoms with Gasteiger partial charge in [-0.05, 0) is 48.9 Å². The van der Waals surface area contributed by atoms with E-state index in [0.29, 0.717) is 50.4 Å². The Morgan fingerprint density at radius 1 is 1.12 bits per heavy atom. The molecule has 0 radical (unpaired) electrons. The van der Waals surface area contributed by atoms with Crippen LogP contribution in [-0.2, 0) is 11.3 Å². The number of amides is 2. The molecule has 0 aliphatic heterocycles. The molecule has 3 aromatic rings. The first-order chi connectivity index (χ1) is 16.3. The van der Waals surface area contributed by atoms with Gasteiger partial charge in [-0.2, -0.15) is 4.98 Å². The summed E-state index contributed by atoms with van der Waals surface area (Å²) < 4.78 is 10.4. The summed E-state index contributed by atoms with van der Waals surface area (Å²) in [6.07, 6.45) is 1.57. The Hall–Kier alpha value is -2.78. The Bertz CT molecular complexity index is 1130. The first-order valence-corrected chi connectivity index (χ1v) is 11.4. The molecule has 1 aromatic heterocycles. The minimum atomic E-state index is -0.438. The Balaban J connectivity index is 1.90. The SMILES string of the molecule is COC[C@H](C)Nc1nccc(N(C(=O)NCc2cc(Cl)cc(Cl)c2Cl)c2ccc(OC)cc2)n1. The average molecular weight is 525 g/mol. The van der Waals surface area contributed by atoms with Crippen LogP contribution in [0, 0.1) is 0 Å². The van der Waals surface area contributed by atoms with Gasteiger partial charge in [-0.25, -0.2) is 14.7 Å². The predicted octanol–water partition coefficient (Wildman–Crippen LogP) is 5.94. The minimum Gasteiger partial charge on any atom is -0.497 e. The maximum atomic E-state index is 13.4. The quantitative estimate of drug-likeness (QED) is 0.337. The molecular weight excluding hydrogens is 501 g/mol. The lowest BCUT2D eigenvalue weighted by atomic mass is 10.2. The highest BCUT2D eigenvalue weighted by Gasteiger charge is 2.21. The van der Waals surface area contributed by atoms with Crippen molar-refractivity contribution in [1.29, 1.82) is 0 Å². The molecule has 180 valence electrons. The number of hydrogen-bond acceptors (Lipinski definition) is 6. The van der Waals surface area contributed by atoms with Gasteiger partial charge in [0.05, 0.1) is 29.4 Å². The van der Waals surface area contributed by atoms with Crippen molar-refractivity contribution in [3.63, 3.8) is 0 Å². The number of carbonyl (C=O) groups is 1.